The van der Waals surface area contributed by atoms with Crippen LogP contribution in [0.2, 0.25) is 0 Å². The lowest BCUT2D eigenvalue weighted by Crippen LogP contribution is -2.05. The zero-order valence-electron chi connectivity index (χ0n) is 10.1. The van der Waals surface area contributed by atoms with Crippen molar-refractivity contribution in [2.75, 3.05) is 7.05 Å². The van der Waals surface area contributed by atoms with Crippen molar-refractivity contribution >= 4 is 0 Å². The number of imidazole rings is 1. The summed E-state index contributed by atoms with van der Waals surface area (Å²) >= 11 is 0. The molecule has 0 spiro atoms. The van der Waals surface area contributed by atoms with Gasteiger partial charge in [-0.1, -0.05) is 18.2 Å². The van der Waals surface area contributed by atoms with Crippen LogP contribution in [0.15, 0.2) is 36.8 Å². The molecule has 3 heteroatoms. The van der Waals surface area contributed by atoms with Gasteiger partial charge in [-0.25, -0.2) is 4.98 Å². The highest BCUT2D eigenvalue weighted by molar-refractivity contribution is 5.60. The van der Waals surface area contributed by atoms with Crippen LogP contribution in [0.3, 0.4) is 0 Å². The zero-order chi connectivity index (χ0) is 11.7. The zero-order valence-corrected chi connectivity index (χ0v) is 10.1. The summed E-state index contributed by atoms with van der Waals surface area (Å²) < 4.78 is 2.30. The Balaban J connectivity index is 1.96. The first kappa shape index (κ1) is 10.5. The molecular formula is C14H17N3. The van der Waals surface area contributed by atoms with Crippen LogP contribution in [-0.4, -0.2) is 16.6 Å². The fourth-order valence-corrected chi connectivity index (χ4v) is 2.22. The van der Waals surface area contributed by atoms with Gasteiger partial charge < -0.3 is 9.88 Å². The molecule has 1 fully saturated rings. The lowest BCUT2D eigenvalue weighted by molar-refractivity contribution is 0.747. The van der Waals surface area contributed by atoms with E-state index in [0.717, 1.165) is 6.54 Å². The smallest absolute Gasteiger partial charge is 0.0953 e. The molecule has 1 aromatic heterocycles. The predicted molar refractivity (Wildman–Crippen MR) is 68.7 cm³/mol. The van der Waals surface area contributed by atoms with Crippen LogP contribution in [0.25, 0.3) is 11.3 Å². The Bertz CT molecular complexity index is 512. The van der Waals surface area contributed by atoms with Crippen molar-refractivity contribution in [1.29, 1.82) is 0 Å². The molecule has 1 heterocycles. The SMILES string of the molecule is CNCc1cccc(-c2cncn2C2CC2)c1. The van der Waals surface area contributed by atoms with Gasteiger partial charge in [0.1, 0.15) is 0 Å². The molecule has 1 aliphatic rings. The minimum absolute atomic E-state index is 0.681. The summed E-state index contributed by atoms with van der Waals surface area (Å²) in [4.78, 5) is 4.28. The molecule has 0 atom stereocenters. The highest BCUT2D eigenvalue weighted by atomic mass is 15.1. The Hall–Kier alpha value is -1.61. The highest BCUT2D eigenvalue weighted by Crippen LogP contribution is 2.38. The summed E-state index contributed by atoms with van der Waals surface area (Å²) in [7, 11) is 1.97. The van der Waals surface area contributed by atoms with Gasteiger partial charge in [-0.05, 0) is 31.5 Å². The van der Waals surface area contributed by atoms with E-state index in [-0.39, 0.29) is 0 Å². The summed E-state index contributed by atoms with van der Waals surface area (Å²) in [6.07, 6.45) is 6.51. The Morgan fingerprint density at radius 3 is 3.06 bits per heavy atom. The Labute approximate surface area is 101 Å². The van der Waals surface area contributed by atoms with Gasteiger partial charge in [-0.3, -0.25) is 0 Å². The van der Waals surface area contributed by atoms with Gasteiger partial charge in [-0.2, -0.15) is 0 Å². The van der Waals surface area contributed by atoms with Gasteiger partial charge in [0.2, 0.25) is 0 Å². The minimum Gasteiger partial charge on any atom is -0.328 e. The molecule has 2 aromatic rings. The normalized spacial score (nSPS) is 15.1. The van der Waals surface area contributed by atoms with E-state index in [2.05, 4.69) is 39.1 Å². The van der Waals surface area contributed by atoms with Gasteiger partial charge in [0.15, 0.2) is 0 Å². The molecule has 17 heavy (non-hydrogen) atoms. The van der Waals surface area contributed by atoms with Gasteiger partial charge in [0.05, 0.1) is 18.2 Å². The molecule has 0 saturated heterocycles. The van der Waals surface area contributed by atoms with E-state index >= 15 is 0 Å². The number of nitrogens with zero attached hydrogens (tertiary/aromatic N) is 2. The number of rotatable bonds is 4. The predicted octanol–water partition coefficient (Wildman–Crippen LogP) is 2.60. The standard InChI is InChI=1S/C14H17N3/c1-15-8-11-3-2-4-12(7-11)14-9-16-10-17(14)13-5-6-13/h2-4,7,9-10,13,15H,5-6,8H2,1H3. The lowest BCUT2D eigenvalue weighted by Gasteiger charge is -2.08. The molecule has 3 nitrogen and oxygen atoms in total. The molecule has 88 valence electrons. The van der Waals surface area contributed by atoms with Crippen molar-refractivity contribution in [1.82, 2.24) is 14.9 Å². The number of nitrogens with one attached hydrogen (secondary N) is 1. The summed E-state index contributed by atoms with van der Waals surface area (Å²) in [6, 6.07) is 9.35. The third-order valence-electron chi connectivity index (χ3n) is 3.21. The average Bonchev–Trinajstić information content (AvgIpc) is 3.08. The molecule has 1 saturated carbocycles. The number of aromatic nitrogens is 2. The first-order valence-electron chi connectivity index (χ1n) is 6.14. The van der Waals surface area contributed by atoms with E-state index in [4.69, 9.17) is 0 Å². The average molecular weight is 227 g/mol. The summed E-state index contributed by atoms with van der Waals surface area (Å²) in [5.41, 5.74) is 3.82. The Kier molecular flexibility index (Phi) is 2.69. The van der Waals surface area contributed by atoms with Gasteiger partial charge in [0, 0.05) is 18.2 Å². The van der Waals surface area contributed by atoms with Gasteiger partial charge in [0.25, 0.3) is 0 Å². The van der Waals surface area contributed by atoms with E-state index in [9.17, 15) is 0 Å². The topological polar surface area (TPSA) is 29.9 Å². The van der Waals surface area contributed by atoms with Crippen LogP contribution < -0.4 is 5.32 Å². The fraction of sp³-hybridized carbons (Fsp3) is 0.357. The third kappa shape index (κ3) is 2.11. The number of benzene rings is 1. The van der Waals surface area contributed by atoms with E-state index in [1.807, 2.05) is 19.6 Å². The maximum atomic E-state index is 4.28. The van der Waals surface area contributed by atoms with Crippen LogP contribution in [0.5, 0.6) is 0 Å². The number of hydrogen-bond donors (Lipinski definition) is 1. The van der Waals surface area contributed by atoms with Crippen LogP contribution in [0.1, 0.15) is 24.4 Å². The summed E-state index contributed by atoms with van der Waals surface area (Å²) in [6.45, 7) is 0.908. The molecular weight excluding hydrogens is 210 g/mol. The Morgan fingerprint density at radius 1 is 1.41 bits per heavy atom. The van der Waals surface area contributed by atoms with Crippen molar-refractivity contribution in [2.24, 2.45) is 0 Å². The van der Waals surface area contributed by atoms with Gasteiger partial charge in [-0.15, -0.1) is 0 Å². The lowest BCUT2D eigenvalue weighted by atomic mass is 10.1. The van der Waals surface area contributed by atoms with Crippen molar-refractivity contribution in [3.8, 4) is 11.3 Å². The second kappa shape index (κ2) is 4.34. The molecule has 0 amide bonds. The summed E-state index contributed by atoms with van der Waals surface area (Å²) in [5.74, 6) is 0. The third-order valence-corrected chi connectivity index (χ3v) is 3.21. The fourth-order valence-electron chi connectivity index (χ4n) is 2.22. The largest absolute Gasteiger partial charge is 0.328 e. The molecule has 1 aromatic carbocycles. The maximum Gasteiger partial charge on any atom is 0.0953 e. The second-order valence-corrected chi connectivity index (χ2v) is 4.65. The van der Waals surface area contributed by atoms with Crippen molar-refractivity contribution < 1.29 is 0 Å². The molecule has 0 unspecified atom stereocenters. The molecule has 3 rings (SSSR count). The molecule has 1 aliphatic carbocycles. The van der Waals surface area contributed by atoms with E-state index < -0.39 is 0 Å². The first-order valence-corrected chi connectivity index (χ1v) is 6.14. The van der Waals surface area contributed by atoms with E-state index in [1.54, 1.807) is 0 Å². The Morgan fingerprint density at radius 2 is 2.29 bits per heavy atom. The first-order chi connectivity index (χ1) is 8.38. The minimum atomic E-state index is 0.681. The quantitative estimate of drug-likeness (QED) is 0.870. The molecule has 0 bridgehead atoms. The van der Waals surface area contributed by atoms with Crippen LogP contribution in [0.4, 0.5) is 0 Å². The van der Waals surface area contributed by atoms with Crippen molar-refractivity contribution in [2.45, 2.75) is 25.4 Å². The highest BCUT2D eigenvalue weighted by Gasteiger charge is 2.25. The summed E-state index contributed by atoms with van der Waals surface area (Å²) in [5, 5.41) is 3.18. The molecule has 1 N–H and O–H groups in total. The number of hydrogen-bond acceptors (Lipinski definition) is 2. The monoisotopic (exact) mass is 227 g/mol. The van der Waals surface area contributed by atoms with Crippen LogP contribution in [0, 0.1) is 0 Å². The van der Waals surface area contributed by atoms with Crippen LogP contribution >= 0.6 is 0 Å². The molecule has 0 aliphatic heterocycles. The maximum absolute atomic E-state index is 4.28. The van der Waals surface area contributed by atoms with Crippen molar-refractivity contribution in [3.63, 3.8) is 0 Å². The second-order valence-electron chi connectivity index (χ2n) is 4.65. The van der Waals surface area contributed by atoms with Crippen molar-refractivity contribution in [3.05, 3.63) is 42.4 Å². The van der Waals surface area contributed by atoms with E-state index in [1.165, 1.54) is 29.7 Å². The van der Waals surface area contributed by atoms with Gasteiger partial charge >= 0.3 is 0 Å². The molecule has 0 radical (unpaired) electrons. The van der Waals surface area contributed by atoms with E-state index in [0.29, 0.717) is 6.04 Å². The van der Waals surface area contributed by atoms with Crippen LogP contribution in [-0.2, 0) is 6.54 Å².